The third kappa shape index (κ3) is 0.927. The van der Waals surface area contributed by atoms with Gasteiger partial charge in [-0.2, -0.15) is 0 Å². The molecule has 0 amide bonds. The lowest BCUT2D eigenvalue weighted by Crippen LogP contribution is -2.18. The van der Waals surface area contributed by atoms with Gasteiger partial charge in [0, 0.05) is 17.4 Å². The molecule has 0 bridgehead atoms. The Hall–Kier alpha value is -1.11. The Bertz CT molecular complexity index is 386. The van der Waals surface area contributed by atoms with Crippen LogP contribution in [-0.4, -0.2) is 5.78 Å². The Morgan fingerprint density at radius 3 is 2.57 bits per heavy atom. The maximum Gasteiger partial charge on any atom is 0.164 e. The topological polar surface area (TPSA) is 17.1 Å². The molecule has 0 saturated heterocycles. The summed E-state index contributed by atoms with van der Waals surface area (Å²) in [7, 11) is 0. The molecule has 2 aliphatic carbocycles. The first-order valence-electron chi connectivity index (χ1n) is 5.45. The second-order valence-electron chi connectivity index (χ2n) is 4.63. The largest absolute Gasteiger partial charge is 0.294 e. The van der Waals surface area contributed by atoms with Crippen LogP contribution < -0.4 is 0 Å². The summed E-state index contributed by atoms with van der Waals surface area (Å²) in [6.07, 6.45) is 5.79. The predicted octanol–water partition coefficient (Wildman–Crippen LogP) is 3.08. The van der Waals surface area contributed by atoms with Crippen LogP contribution in [0.3, 0.4) is 0 Å². The predicted molar refractivity (Wildman–Crippen MR) is 55.5 cm³/mol. The van der Waals surface area contributed by atoms with Gasteiger partial charge >= 0.3 is 0 Å². The van der Waals surface area contributed by atoms with Crippen molar-refractivity contribution in [1.29, 1.82) is 0 Å². The number of ketones is 1. The van der Waals surface area contributed by atoms with Crippen molar-refractivity contribution >= 4 is 5.78 Å². The van der Waals surface area contributed by atoms with E-state index >= 15 is 0 Å². The van der Waals surface area contributed by atoms with E-state index < -0.39 is 0 Å². The lowest BCUT2D eigenvalue weighted by Gasteiger charge is -2.22. The van der Waals surface area contributed by atoms with Gasteiger partial charge in [-0.25, -0.2) is 0 Å². The summed E-state index contributed by atoms with van der Waals surface area (Å²) in [4.78, 5) is 11.8. The molecule has 1 nitrogen and oxygen atoms in total. The van der Waals surface area contributed by atoms with Crippen LogP contribution in [0.5, 0.6) is 0 Å². The fraction of sp³-hybridized carbons (Fsp3) is 0.462. The van der Waals surface area contributed by atoms with Crippen molar-refractivity contribution < 1.29 is 4.79 Å². The van der Waals surface area contributed by atoms with Gasteiger partial charge < -0.3 is 0 Å². The van der Waals surface area contributed by atoms with E-state index in [9.17, 15) is 4.79 Å². The zero-order valence-electron chi connectivity index (χ0n) is 8.25. The molecule has 0 heterocycles. The molecule has 14 heavy (non-hydrogen) atoms. The Morgan fingerprint density at radius 1 is 1.07 bits per heavy atom. The van der Waals surface area contributed by atoms with Crippen LogP contribution in [0.25, 0.3) is 0 Å². The standard InChI is InChI=1S/C13H14O/c14-12-9-13(7-3-4-8-13)11-6-2-1-5-10(11)12/h1-2,5-6H,3-4,7-9H2. The average Bonchev–Trinajstić information content (AvgIpc) is 2.77. The minimum Gasteiger partial charge on any atom is -0.294 e. The van der Waals surface area contributed by atoms with Crippen molar-refractivity contribution in [3.63, 3.8) is 0 Å². The van der Waals surface area contributed by atoms with Gasteiger partial charge in [0.15, 0.2) is 5.78 Å². The summed E-state index contributed by atoms with van der Waals surface area (Å²) in [5, 5.41) is 0. The van der Waals surface area contributed by atoms with Crippen LogP contribution in [0.2, 0.25) is 0 Å². The van der Waals surface area contributed by atoms with Gasteiger partial charge in [0.05, 0.1) is 0 Å². The zero-order valence-corrected chi connectivity index (χ0v) is 8.25. The number of rotatable bonds is 0. The molecule has 0 unspecified atom stereocenters. The second kappa shape index (κ2) is 2.69. The average molecular weight is 186 g/mol. The third-order valence-electron chi connectivity index (χ3n) is 3.86. The molecule has 1 fully saturated rings. The van der Waals surface area contributed by atoms with Gasteiger partial charge in [-0.3, -0.25) is 4.79 Å². The summed E-state index contributed by atoms with van der Waals surface area (Å²) < 4.78 is 0. The Morgan fingerprint density at radius 2 is 1.79 bits per heavy atom. The molecule has 0 N–H and O–H groups in total. The van der Waals surface area contributed by atoms with Crippen molar-refractivity contribution in [2.45, 2.75) is 37.5 Å². The fourth-order valence-corrected chi connectivity index (χ4v) is 3.18. The Balaban J connectivity index is 2.18. The molecular weight excluding hydrogens is 172 g/mol. The smallest absolute Gasteiger partial charge is 0.164 e. The monoisotopic (exact) mass is 186 g/mol. The van der Waals surface area contributed by atoms with Crippen LogP contribution >= 0.6 is 0 Å². The number of benzene rings is 1. The highest BCUT2D eigenvalue weighted by atomic mass is 16.1. The molecule has 1 saturated carbocycles. The molecule has 1 heteroatoms. The third-order valence-corrected chi connectivity index (χ3v) is 3.86. The van der Waals surface area contributed by atoms with E-state index in [-0.39, 0.29) is 5.41 Å². The van der Waals surface area contributed by atoms with E-state index in [0.717, 1.165) is 12.0 Å². The van der Waals surface area contributed by atoms with Gasteiger partial charge in [-0.1, -0.05) is 37.1 Å². The van der Waals surface area contributed by atoms with E-state index in [1.54, 1.807) is 0 Å². The SMILES string of the molecule is O=C1CC2(CCCC2)c2ccccc21. The molecule has 0 radical (unpaired) electrons. The van der Waals surface area contributed by atoms with E-state index in [0.29, 0.717) is 5.78 Å². The van der Waals surface area contributed by atoms with Gasteiger partial charge in [0.1, 0.15) is 0 Å². The first-order chi connectivity index (χ1) is 6.82. The molecule has 72 valence electrons. The summed E-state index contributed by atoms with van der Waals surface area (Å²) >= 11 is 0. The maximum atomic E-state index is 11.8. The summed E-state index contributed by atoms with van der Waals surface area (Å²) in [5.74, 6) is 0.363. The number of hydrogen-bond acceptors (Lipinski definition) is 1. The zero-order chi connectivity index (χ0) is 9.60. The molecule has 1 aromatic rings. The minimum atomic E-state index is 0.244. The van der Waals surface area contributed by atoms with Crippen LogP contribution in [0.15, 0.2) is 24.3 Å². The van der Waals surface area contributed by atoms with Crippen LogP contribution in [0.4, 0.5) is 0 Å². The van der Waals surface area contributed by atoms with E-state index in [2.05, 4.69) is 12.1 Å². The summed E-state index contributed by atoms with van der Waals surface area (Å²) in [6.45, 7) is 0. The lowest BCUT2D eigenvalue weighted by atomic mass is 9.80. The number of hydrogen-bond donors (Lipinski definition) is 0. The lowest BCUT2D eigenvalue weighted by molar-refractivity contribution is 0.0974. The molecule has 3 rings (SSSR count). The minimum absolute atomic E-state index is 0.244. The normalized spacial score (nSPS) is 23.0. The molecule has 0 aliphatic heterocycles. The number of carbonyl (C=O) groups is 1. The highest BCUT2D eigenvalue weighted by Crippen LogP contribution is 2.49. The second-order valence-corrected chi connectivity index (χ2v) is 4.63. The highest BCUT2D eigenvalue weighted by molar-refractivity contribution is 6.02. The molecule has 1 aromatic carbocycles. The Labute approximate surface area is 84.1 Å². The van der Waals surface area contributed by atoms with Gasteiger partial charge in [0.2, 0.25) is 0 Å². The fourth-order valence-electron chi connectivity index (χ4n) is 3.18. The number of Topliss-reactive ketones (excluding diaryl/α,β-unsaturated/α-hetero) is 1. The van der Waals surface area contributed by atoms with Gasteiger partial charge in [-0.15, -0.1) is 0 Å². The van der Waals surface area contributed by atoms with Crippen LogP contribution in [-0.2, 0) is 5.41 Å². The van der Waals surface area contributed by atoms with Gasteiger partial charge in [-0.05, 0) is 18.4 Å². The summed E-state index contributed by atoms with van der Waals surface area (Å²) in [5.41, 5.74) is 2.57. The first-order valence-corrected chi connectivity index (χ1v) is 5.45. The van der Waals surface area contributed by atoms with E-state index in [1.807, 2.05) is 12.1 Å². The van der Waals surface area contributed by atoms with Crippen LogP contribution in [0.1, 0.15) is 48.0 Å². The molecule has 0 atom stereocenters. The van der Waals surface area contributed by atoms with Crippen molar-refractivity contribution in [2.75, 3.05) is 0 Å². The summed E-state index contributed by atoms with van der Waals surface area (Å²) in [6, 6.07) is 8.19. The Kier molecular flexibility index (Phi) is 1.58. The molecule has 1 spiro atoms. The molecular formula is C13H14O. The van der Waals surface area contributed by atoms with Crippen LogP contribution in [0, 0.1) is 0 Å². The van der Waals surface area contributed by atoms with E-state index in [1.165, 1.54) is 31.2 Å². The van der Waals surface area contributed by atoms with Gasteiger partial charge in [0.25, 0.3) is 0 Å². The molecule has 2 aliphatic rings. The van der Waals surface area contributed by atoms with E-state index in [4.69, 9.17) is 0 Å². The van der Waals surface area contributed by atoms with Crippen molar-refractivity contribution in [3.8, 4) is 0 Å². The molecule has 0 aromatic heterocycles. The highest BCUT2D eigenvalue weighted by Gasteiger charge is 2.44. The van der Waals surface area contributed by atoms with Crippen molar-refractivity contribution in [1.82, 2.24) is 0 Å². The number of carbonyl (C=O) groups excluding carboxylic acids is 1. The van der Waals surface area contributed by atoms with Crippen molar-refractivity contribution in [3.05, 3.63) is 35.4 Å². The van der Waals surface area contributed by atoms with Crippen molar-refractivity contribution in [2.24, 2.45) is 0 Å². The first kappa shape index (κ1) is 8.22. The maximum absolute atomic E-state index is 11.8. The number of fused-ring (bicyclic) bond motifs is 2. The quantitative estimate of drug-likeness (QED) is 0.608.